The molecular formula is C48H87NO3Si. The van der Waals surface area contributed by atoms with Crippen molar-refractivity contribution >= 4 is 14.3 Å². The van der Waals surface area contributed by atoms with Gasteiger partial charge in [-0.05, 0) is 165 Å². The largest absolute Gasteiger partial charge is 0.469 e. The lowest BCUT2D eigenvalue weighted by molar-refractivity contribution is -0.246. The smallest absolute Gasteiger partial charge is 0.305 e. The van der Waals surface area contributed by atoms with Gasteiger partial charge >= 0.3 is 5.97 Å². The van der Waals surface area contributed by atoms with Crippen LogP contribution in [0.2, 0.25) is 18.1 Å². The van der Waals surface area contributed by atoms with Crippen LogP contribution in [0, 0.1) is 56.7 Å². The van der Waals surface area contributed by atoms with Gasteiger partial charge in [0.15, 0.2) is 8.32 Å². The van der Waals surface area contributed by atoms with Crippen LogP contribution in [0.1, 0.15) is 184 Å². The summed E-state index contributed by atoms with van der Waals surface area (Å²) in [6.45, 7) is 35.2. The van der Waals surface area contributed by atoms with E-state index in [9.17, 15) is 4.79 Å². The third kappa shape index (κ3) is 8.09. The lowest BCUT2D eigenvalue weighted by atomic mass is 9.32. The van der Waals surface area contributed by atoms with Crippen molar-refractivity contribution in [3.05, 3.63) is 12.2 Å². The second kappa shape index (κ2) is 16.3. The van der Waals surface area contributed by atoms with Crippen LogP contribution in [0.25, 0.3) is 0 Å². The Morgan fingerprint density at radius 1 is 0.774 bits per heavy atom. The highest BCUT2D eigenvalue weighted by Crippen LogP contribution is 2.77. The van der Waals surface area contributed by atoms with Crippen molar-refractivity contribution in [1.82, 2.24) is 5.32 Å². The maximum absolute atomic E-state index is 11.3. The van der Waals surface area contributed by atoms with Gasteiger partial charge in [-0.25, -0.2) is 0 Å². The Kier molecular flexibility index (Phi) is 13.4. The molecule has 0 radical (unpaired) electrons. The fraction of sp³-hybridized carbons (Fsp3) is 0.938. The molecule has 0 aliphatic heterocycles. The number of unbranched alkanes of at least 4 members (excludes halogenated alkanes) is 7. The Hall–Kier alpha value is -0.653. The van der Waals surface area contributed by atoms with Crippen LogP contribution < -0.4 is 5.32 Å². The molecule has 5 saturated carbocycles. The summed E-state index contributed by atoms with van der Waals surface area (Å²) in [4.78, 5) is 11.3. The molecule has 0 saturated heterocycles. The summed E-state index contributed by atoms with van der Waals surface area (Å²) in [7, 11) is -0.349. The number of esters is 1. The molecule has 0 unspecified atom stereocenters. The third-order valence-corrected chi connectivity index (χ3v) is 23.1. The Labute approximate surface area is 330 Å². The van der Waals surface area contributed by atoms with E-state index in [0.29, 0.717) is 40.1 Å². The average molecular weight is 754 g/mol. The molecule has 5 heteroatoms. The summed E-state index contributed by atoms with van der Waals surface area (Å²) in [5, 5.41) is 4.34. The predicted octanol–water partition coefficient (Wildman–Crippen LogP) is 13.3. The van der Waals surface area contributed by atoms with Crippen LogP contribution in [0.4, 0.5) is 0 Å². The zero-order valence-corrected chi connectivity index (χ0v) is 38.2. The van der Waals surface area contributed by atoms with Crippen molar-refractivity contribution < 1.29 is 14.0 Å². The topological polar surface area (TPSA) is 47.6 Å². The van der Waals surface area contributed by atoms with Crippen LogP contribution in [0.3, 0.4) is 0 Å². The summed E-state index contributed by atoms with van der Waals surface area (Å²) < 4.78 is 12.1. The number of fused-ring (bicyclic) bond motifs is 7. The summed E-state index contributed by atoms with van der Waals surface area (Å²) in [5.41, 5.74) is 3.36. The van der Waals surface area contributed by atoms with Gasteiger partial charge < -0.3 is 14.5 Å². The van der Waals surface area contributed by atoms with E-state index in [1.165, 1.54) is 129 Å². The fourth-order valence-electron chi connectivity index (χ4n) is 14.3. The number of rotatable bonds is 16. The molecule has 0 heterocycles. The minimum atomic E-state index is -1.84. The van der Waals surface area contributed by atoms with Crippen molar-refractivity contribution in [2.75, 3.05) is 20.2 Å². The van der Waals surface area contributed by atoms with Crippen LogP contribution in [0.5, 0.6) is 0 Å². The lowest BCUT2D eigenvalue weighted by Crippen LogP contribution is -2.67. The second-order valence-corrected chi connectivity index (χ2v) is 27.4. The van der Waals surface area contributed by atoms with Crippen molar-refractivity contribution in [2.45, 2.75) is 209 Å². The van der Waals surface area contributed by atoms with Crippen molar-refractivity contribution in [2.24, 2.45) is 56.7 Å². The molecule has 4 nitrogen and oxygen atoms in total. The first kappa shape index (κ1) is 43.5. The third-order valence-electron chi connectivity index (χ3n) is 18.6. The lowest BCUT2D eigenvalue weighted by Gasteiger charge is -2.73. The number of nitrogens with one attached hydrogen (secondary N) is 1. The maximum Gasteiger partial charge on any atom is 0.305 e. The molecule has 5 aliphatic carbocycles. The van der Waals surface area contributed by atoms with E-state index in [1.807, 2.05) is 0 Å². The summed E-state index contributed by atoms with van der Waals surface area (Å²) in [6.07, 6.45) is 24.8. The second-order valence-electron chi connectivity index (χ2n) is 22.6. The van der Waals surface area contributed by atoms with Gasteiger partial charge in [0.1, 0.15) is 0 Å². The normalized spacial score (nSPS) is 39.4. The zero-order valence-electron chi connectivity index (χ0n) is 37.2. The highest BCUT2D eigenvalue weighted by molar-refractivity contribution is 6.74. The van der Waals surface area contributed by atoms with Gasteiger partial charge in [-0.15, -0.1) is 0 Å². The molecule has 306 valence electrons. The molecule has 1 N–H and O–H groups in total. The van der Waals surface area contributed by atoms with E-state index < -0.39 is 8.32 Å². The van der Waals surface area contributed by atoms with Gasteiger partial charge in [0.2, 0.25) is 0 Å². The molecule has 0 spiro atoms. The maximum atomic E-state index is 11.3. The van der Waals surface area contributed by atoms with Crippen molar-refractivity contribution in [3.8, 4) is 0 Å². The first-order chi connectivity index (χ1) is 24.7. The number of ether oxygens (including phenoxy) is 1. The van der Waals surface area contributed by atoms with Crippen molar-refractivity contribution in [1.29, 1.82) is 0 Å². The number of allylic oxidation sites excluding steroid dienone is 1. The monoisotopic (exact) mass is 754 g/mol. The van der Waals surface area contributed by atoms with Gasteiger partial charge in [0.25, 0.3) is 0 Å². The van der Waals surface area contributed by atoms with Gasteiger partial charge in [0.05, 0.1) is 13.2 Å². The van der Waals surface area contributed by atoms with Gasteiger partial charge in [-0.2, -0.15) is 0 Å². The first-order valence-electron chi connectivity index (χ1n) is 22.8. The number of hydrogen-bond donors (Lipinski definition) is 1. The Morgan fingerprint density at radius 3 is 2.04 bits per heavy atom. The Balaban J connectivity index is 1.21. The molecule has 5 fully saturated rings. The summed E-state index contributed by atoms with van der Waals surface area (Å²) in [6, 6.07) is 0. The quantitative estimate of drug-likeness (QED) is 0.0738. The molecule has 5 aliphatic rings. The standard InChI is InChI=1S/C48H87NO3Si/c1-35(2)36-25-30-48(34-49-33-21-19-17-15-14-16-18-20-22-41(50)51-11)32-31-46(9)37(42(36)48)23-24-39-45(8)28-27-40(52-53(12,13)43(3,4)5)44(6,7)38(45)26-29-47(39,46)10/h36-40,42,49H,1,14-34H2,2-13H3/t36-,37+,38-,39+,40-,42+,45-,46+,47+,48+/m0/s1. The van der Waals surface area contributed by atoms with Gasteiger partial charge in [-0.3, -0.25) is 4.79 Å². The molecular weight excluding hydrogens is 667 g/mol. The van der Waals surface area contributed by atoms with E-state index >= 15 is 0 Å². The number of carbonyl (C=O) groups is 1. The highest BCUT2D eigenvalue weighted by atomic mass is 28.4. The molecule has 0 aromatic heterocycles. The van der Waals surface area contributed by atoms with E-state index in [1.54, 1.807) is 0 Å². The van der Waals surface area contributed by atoms with Gasteiger partial charge in [-0.1, -0.05) is 106 Å². The minimum absolute atomic E-state index is 0.0677. The Bertz CT molecular complexity index is 1270. The average Bonchev–Trinajstić information content (AvgIpc) is 3.46. The molecule has 0 amide bonds. The molecule has 10 atom stereocenters. The van der Waals surface area contributed by atoms with Crippen molar-refractivity contribution in [3.63, 3.8) is 0 Å². The van der Waals surface area contributed by atoms with Crippen LogP contribution in [-0.2, 0) is 14.0 Å². The fourth-order valence-corrected chi connectivity index (χ4v) is 15.8. The number of methoxy groups -OCH3 is 1. The zero-order chi connectivity index (χ0) is 39.1. The van der Waals surface area contributed by atoms with Crippen LogP contribution in [0.15, 0.2) is 12.2 Å². The molecule has 0 bridgehead atoms. The van der Waals surface area contributed by atoms with Crippen LogP contribution in [-0.4, -0.2) is 40.6 Å². The predicted molar refractivity (Wildman–Crippen MR) is 227 cm³/mol. The Morgan fingerprint density at radius 2 is 1.42 bits per heavy atom. The van der Waals surface area contributed by atoms with E-state index in [0.717, 1.165) is 36.5 Å². The van der Waals surface area contributed by atoms with Crippen LogP contribution >= 0.6 is 0 Å². The van der Waals surface area contributed by atoms with E-state index in [2.05, 4.69) is 87.3 Å². The summed E-state index contributed by atoms with van der Waals surface area (Å²) >= 11 is 0. The molecule has 0 aromatic rings. The number of hydrogen-bond acceptors (Lipinski definition) is 4. The summed E-state index contributed by atoms with van der Waals surface area (Å²) in [5.74, 6) is 3.81. The van der Waals surface area contributed by atoms with Gasteiger partial charge in [0, 0.05) is 13.0 Å². The molecule has 53 heavy (non-hydrogen) atoms. The number of carbonyl (C=O) groups excluding carboxylic acids is 1. The molecule has 5 rings (SSSR count). The first-order valence-corrected chi connectivity index (χ1v) is 25.7. The highest BCUT2D eigenvalue weighted by Gasteiger charge is 2.71. The molecule has 0 aromatic carbocycles. The minimum Gasteiger partial charge on any atom is -0.469 e. The van der Waals surface area contributed by atoms with E-state index in [-0.39, 0.29) is 16.4 Å². The van der Waals surface area contributed by atoms with E-state index in [4.69, 9.17) is 9.16 Å². The SMILES string of the molecule is C=C(C)[C@@H]1CC[C@]2(CNCCCCCCCCCCC(=O)OC)CC[C@]3(C)[C@H](CC[C@@H]4[C@@]5(C)CC[C@H](O[Si](C)(C)C(C)(C)C)C(C)(C)[C@@H]5CC[C@]43C)[C@@H]12.